The van der Waals surface area contributed by atoms with Crippen molar-refractivity contribution in [1.82, 2.24) is 34.8 Å². The summed E-state index contributed by atoms with van der Waals surface area (Å²) in [4.78, 5) is 44.6. The van der Waals surface area contributed by atoms with Crippen molar-refractivity contribution in [3.05, 3.63) is 60.1 Å². The Morgan fingerprint density at radius 2 is 1.93 bits per heavy atom. The Kier molecular flexibility index (Phi) is 4.78. The van der Waals surface area contributed by atoms with Gasteiger partial charge in [0.05, 0.1) is 36.9 Å². The highest BCUT2D eigenvalue weighted by molar-refractivity contribution is 5.98. The van der Waals surface area contributed by atoms with Gasteiger partial charge in [-0.05, 0) is 24.6 Å². The van der Waals surface area contributed by atoms with E-state index in [4.69, 9.17) is 5.73 Å². The van der Waals surface area contributed by atoms with Gasteiger partial charge in [-0.15, -0.1) is 4.80 Å². The molecule has 0 saturated heterocycles. The first-order chi connectivity index (χ1) is 14.4. The number of aliphatic imine (C=N–C) groups is 1. The molecule has 0 aliphatic carbocycles. The standard InChI is InChI=1S/C19H19N9O2/c1-19(9-17(30)27(2)18(20)26-19)15-8-12(3-4-21-15)7-14(29)13-10-23-16(11-22-13)28-24-5-6-25-28/h3-6,8,10-11H,7,9H2,1-2H3,(H2,20,26). The molecule has 152 valence electrons. The summed E-state index contributed by atoms with van der Waals surface area (Å²) in [6.07, 6.45) is 7.72. The van der Waals surface area contributed by atoms with Gasteiger partial charge >= 0.3 is 0 Å². The summed E-state index contributed by atoms with van der Waals surface area (Å²) in [5.41, 5.74) is 6.52. The van der Waals surface area contributed by atoms with Crippen molar-refractivity contribution in [3.63, 3.8) is 0 Å². The van der Waals surface area contributed by atoms with Crippen LogP contribution in [0.2, 0.25) is 0 Å². The quantitative estimate of drug-likeness (QED) is 0.595. The van der Waals surface area contributed by atoms with Gasteiger partial charge in [-0.1, -0.05) is 0 Å². The molecule has 3 aromatic rings. The molecule has 3 aromatic heterocycles. The highest BCUT2D eigenvalue weighted by Crippen LogP contribution is 2.31. The molecule has 0 fully saturated rings. The van der Waals surface area contributed by atoms with Crippen LogP contribution in [0, 0.1) is 0 Å². The molecule has 0 saturated carbocycles. The maximum Gasteiger partial charge on any atom is 0.231 e. The average Bonchev–Trinajstić information content (AvgIpc) is 3.27. The van der Waals surface area contributed by atoms with Gasteiger partial charge in [0, 0.05) is 19.7 Å². The number of hydrogen-bond donors (Lipinski definition) is 1. The van der Waals surface area contributed by atoms with Gasteiger partial charge in [-0.2, -0.15) is 10.2 Å². The van der Waals surface area contributed by atoms with Crippen LogP contribution in [0.1, 0.15) is 35.1 Å². The van der Waals surface area contributed by atoms with E-state index in [9.17, 15) is 9.59 Å². The van der Waals surface area contributed by atoms with Gasteiger partial charge in [-0.3, -0.25) is 19.5 Å². The maximum absolute atomic E-state index is 12.7. The van der Waals surface area contributed by atoms with Crippen molar-refractivity contribution < 1.29 is 9.59 Å². The molecule has 30 heavy (non-hydrogen) atoms. The van der Waals surface area contributed by atoms with Crippen LogP contribution in [0.4, 0.5) is 0 Å². The van der Waals surface area contributed by atoms with E-state index in [0.29, 0.717) is 11.5 Å². The average molecular weight is 405 g/mol. The molecular weight excluding hydrogens is 386 g/mol. The fraction of sp³-hybridized carbons (Fsp3) is 0.263. The number of guanidine groups is 1. The van der Waals surface area contributed by atoms with E-state index in [1.165, 1.54) is 34.5 Å². The van der Waals surface area contributed by atoms with Gasteiger partial charge in [-0.25, -0.2) is 15.0 Å². The minimum atomic E-state index is -0.884. The molecule has 0 bridgehead atoms. The summed E-state index contributed by atoms with van der Waals surface area (Å²) < 4.78 is 0. The Morgan fingerprint density at radius 1 is 1.17 bits per heavy atom. The molecule has 1 amide bonds. The molecule has 11 heteroatoms. The number of aromatic nitrogens is 6. The van der Waals surface area contributed by atoms with Crippen molar-refractivity contribution in [3.8, 4) is 5.82 Å². The lowest BCUT2D eigenvalue weighted by Gasteiger charge is -2.32. The van der Waals surface area contributed by atoms with Crippen LogP contribution in [0.15, 0.2) is 48.1 Å². The zero-order valence-electron chi connectivity index (χ0n) is 16.4. The Labute approximate surface area is 171 Å². The first kappa shape index (κ1) is 19.3. The molecule has 2 N–H and O–H groups in total. The maximum atomic E-state index is 12.7. The molecule has 1 unspecified atom stereocenters. The molecule has 1 aliphatic heterocycles. The number of hydrogen-bond acceptors (Lipinski definition) is 9. The van der Waals surface area contributed by atoms with E-state index in [-0.39, 0.29) is 36.2 Å². The number of amides is 1. The van der Waals surface area contributed by atoms with E-state index in [1.54, 1.807) is 32.3 Å². The summed E-state index contributed by atoms with van der Waals surface area (Å²) in [5.74, 6) is 0.208. The Balaban J connectivity index is 1.53. The molecule has 0 spiro atoms. The number of rotatable bonds is 5. The lowest BCUT2D eigenvalue weighted by molar-refractivity contribution is -0.128. The number of carbonyl (C=O) groups excluding carboxylic acids is 2. The number of pyridine rings is 1. The molecule has 11 nitrogen and oxygen atoms in total. The summed E-state index contributed by atoms with van der Waals surface area (Å²) in [6.45, 7) is 1.80. The molecular formula is C19H19N9O2. The Hall–Kier alpha value is -4.02. The number of nitrogens with zero attached hydrogens (tertiary/aromatic N) is 8. The summed E-state index contributed by atoms with van der Waals surface area (Å²) in [7, 11) is 1.58. The minimum Gasteiger partial charge on any atom is -0.369 e. The van der Waals surface area contributed by atoms with Crippen LogP contribution in [-0.4, -0.2) is 59.5 Å². The molecule has 4 heterocycles. The molecule has 0 aromatic carbocycles. The zero-order chi connectivity index (χ0) is 21.3. The fourth-order valence-corrected chi connectivity index (χ4v) is 3.11. The number of Topliss-reactive ketones (excluding diaryl/α,β-unsaturated/α-hetero) is 1. The van der Waals surface area contributed by atoms with Crippen LogP contribution < -0.4 is 5.73 Å². The summed E-state index contributed by atoms with van der Waals surface area (Å²) >= 11 is 0. The molecule has 4 rings (SSSR count). The van der Waals surface area contributed by atoms with Crippen molar-refractivity contribution in [2.75, 3.05) is 7.05 Å². The summed E-state index contributed by atoms with van der Waals surface area (Å²) in [6, 6.07) is 3.51. The number of ketones is 1. The lowest BCUT2D eigenvalue weighted by Crippen LogP contribution is -2.47. The molecule has 0 radical (unpaired) electrons. The Morgan fingerprint density at radius 3 is 2.60 bits per heavy atom. The third kappa shape index (κ3) is 3.64. The minimum absolute atomic E-state index is 0.104. The normalized spacial score (nSPS) is 18.9. The summed E-state index contributed by atoms with van der Waals surface area (Å²) in [5, 5.41) is 7.94. The van der Waals surface area contributed by atoms with Crippen LogP contribution >= 0.6 is 0 Å². The predicted molar refractivity (Wildman–Crippen MR) is 106 cm³/mol. The predicted octanol–water partition coefficient (Wildman–Crippen LogP) is 0.270. The van der Waals surface area contributed by atoms with Crippen molar-refractivity contribution in [2.24, 2.45) is 10.7 Å². The second-order valence-electron chi connectivity index (χ2n) is 7.10. The third-order valence-corrected chi connectivity index (χ3v) is 4.86. The van der Waals surface area contributed by atoms with Crippen LogP contribution in [0.25, 0.3) is 5.82 Å². The largest absolute Gasteiger partial charge is 0.369 e. The molecule has 1 aliphatic rings. The lowest BCUT2D eigenvalue weighted by atomic mass is 9.90. The van der Waals surface area contributed by atoms with Crippen molar-refractivity contribution in [1.29, 1.82) is 0 Å². The van der Waals surface area contributed by atoms with E-state index in [2.05, 4.69) is 30.1 Å². The van der Waals surface area contributed by atoms with Crippen LogP contribution in [0.5, 0.6) is 0 Å². The van der Waals surface area contributed by atoms with Gasteiger partial charge in [0.1, 0.15) is 11.2 Å². The second-order valence-corrected chi connectivity index (χ2v) is 7.10. The topological polar surface area (TPSA) is 145 Å². The van der Waals surface area contributed by atoms with Gasteiger partial charge in [0.15, 0.2) is 17.6 Å². The monoisotopic (exact) mass is 405 g/mol. The fourth-order valence-electron chi connectivity index (χ4n) is 3.11. The SMILES string of the molecule is CN1C(=O)CC(C)(c2cc(CC(=O)c3cnc(-n4nccn4)cn3)ccn2)N=C1N. The first-order valence-corrected chi connectivity index (χ1v) is 9.15. The molecule has 1 atom stereocenters. The first-order valence-electron chi connectivity index (χ1n) is 9.15. The van der Waals surface area contributed by atoms with Gasteiger partial charge in [0.25, 0.3) is 0 Å². The highest BCUT2D eigenvalue weighted by atomic mass is 16.2. The van der Waals surface area contributed by atoms with E-state index in [0.717, 1.165) is 5.56 Å². The van der Waals surface area contributed by atoms with Crippen LogP contribution in [0.3, 0.4) is 0 Å². The van der Waals surface area contributed by atoms with E-state index in [1.807, 2.05) is 0 Å². The Bertz CT molecular complexity index is 1130. The smallest absolute Gasteiger partial charge is 0.231 e. The third-order valence-electron chi connectivity index (χ3n) is 4.86. The van der Waals surface area contributed by atoms with Crippen molar-refractivity contribution >= 4 is 17.6 Å². The highest BCUT2D eigenvalue weighted by Gasteiger charge is 2.37. The van der Waals surface area contributed by atoms with Gasteiger partial charge < -0.3 is 5.73 Å². The van der Waals surface area contributed by atoms with Crippen molar-refractivity contribution in [2.45, 2.75) is 25.3 Å². The van der Waals surface area contributed by atoms with Crippen LogP contribution in [-0.2, 0) is 16.8 Å². The van der Waals surface area contributed by atoms with E-state index >= 15 is 0 Å². The van der Waals surface area contributed by atoms with E-state index < -0.39 is 5.54 Å². The second kappa shape index (κ2) is 7.43. The number of carbonyl (C=O) groups is 2. The number of nitrogens with two attached hydrogens (primary N) is 1. The zero-order valence-corrected chi connectivity index (χ0v) is 16.4. The van der Waals surface area contributed by atoms with Gasteiger partial charge in [0.2, 0.25) is 5.91 Å².